The number of nitrogens with zero attached hydrogens (tertiary/aromatic N) is 1. The number of sulfonamides is 1. The van der Waals surface area contributed by atoms with E-state index in [1.54, 1.807) is 18.2 Å². The van der Waals surface area contributed by atoms with Crippen molar-refractivity contribution < 1.29 is 18.0 Å². The number of hydrogen-bond donors (Lipinski definition) is 1. The molecule has 29 heavy (non-hydrogen) atoms. The second-order valence-electron chi connectivity index (χ2n) is 6.85. The van der Waals surface area contributed by atoms with E-state index < -0.39 is 10.0 Å². The summed E-state index contributed by atoms with van der Waals surface area (Å²) in [7, 11) is -0.700. The van der Waals surface area contributed by atoms with Gasteiger partial charge < -0.3 is 5.32 Å². The molecule has 150 valence electrons. The fourth-order valence-corrected chi connectivity index (χ4v) is 3.85. The largest absolute Gasteiger partial charge is 0.326 e. The van der Waals surface area contributed by atoms with E-state index in [1.807, 2.05) is 36.4 Å². The summed E-state index contributed by atoms with van der Waals surface area (Å²) in [5.41, 5.74) is 0.937. The van der Waals surface area contributed by atoms with Crippen LogP contribution in [0.25, 0.3) is 10.8 Å². The van der Waals surface area contributed by atoms with Crippen LogP contribution in [0.4, 0.5) is 5.69 Å². The van der Waals surface area contributed by atoms with Gasteiger partial charge in [-0.1, -0.05) is 42.5 Å². The van der Waals surface area contributed by atoms with Gasteiger partial charge in [0.2, 0.25) is 15.9 Å². The summed E-state index contributed by atoms with van der Waals surface area (Å²) in [6.45, 7) is 0. The zero-order valence-electron chi connectivity index (χ0n) is 16.3. The Hall–Kier alpha value is -3.03. The van der Waals surface area contributed by atoms with Crippen molar-refractivity contribution in [3.63, 3.8) is 0 Å². The molecule has 0 aromatic heterocycles. The zero-order chi connectivity index (χ0) is 21.0. The van der Waals surface area contributed by atoms with Gasteiger partial charge in [-0.3, -0.25) is 9.59 Å². The van der Waals surface area contributed by atoms with Crippen LogP contribution < -0.4 is 5.32 Å². The van der Waals surface area contributed by atoms with Crippen molar-refractivity contribution in [2.24, 2.45) is 0 Å². The van der Waals surface area contributed by atoms with Gasteiger partial charge in [0, 0.05) is 38.2 Å². The summed E-state index contributed by atoms with van der Waals surface area (Å²) in [6.07, 6.45) is 0.0795. The van der Waals surface area contributed by atoms with Crippen LogP contribution in [0.15, 0.2) is 71.6 Å². The van der Waals surface area contributed by atoms with Crippen LogP contribution in [0.5, 0.6) is 0 Å². The topological polar surface area (TPSA) is 83.6 Å². The third kappa shape index (κ3) is 4.88. The Balaban J connectivity index is 1.63. The second kappa shape index (κ2) is 8.55. The minimum absolute atomic E-state index is 0.0102. The van der Waals surface area contributed by atoms with E-state index in [9.17, 15) is 18.0 Å². The molecule has 0 aliphatic heterocycles. The van der Waals surface area contributed by atoms with Gasteiger partial charge >= 0.3 is 0 Å². The van der Waals surface area contributed by atoms with Gasteiger partial charge in [0.05, 0.1) is 4.90 Å². The van der Waals surface area contributed by atoms with Crippen molar-refractivity contribution in [2.75, 3.05) is 19.4 Å². The highest BCUT2D eigenvalue weighted by molar-refractivity contribution is 7.89. The molecule has 3 rings (SSSR count). The summed E-state index contributed by atoms with van der Waals surface area (Å²) < 4.78 is 25.5. The molecule has 0 aliphatic rings. The smallest absolute Gasteiger partial charge is 0.242 e. The molecule has 7 heteroatoms. The van der Waals surface area contributed by atoms with E-state index in [0.29, 0.717) is 11.3 Å². The van der Waals surface area contributed by atoms with Gasteiger partial charge in [-0.25, -0.2) is 12.7 Å². The highest BCUT2D eigenvalue weighted by Crippen LogP contribution is 2.19. The standard InChI is InChI=1S/C22H22N2O4S/c1-24(2)29(27,28)20-9-5-8-19(15-20)23-22(26)13-12-21(25)18-11-10-16-6-3-4-7-17(16)14-18/h3-11,14-15H,12-13H2,1-2H3,(H,23,26). The van der Waals surface area contributed by atoms with E-state index >= 15 is 0 Å². The Morgan fingerprint density at radius 2 is 1.59 bits per heavy atom. The summed E-state index contributed by atoms with van der Waals surface area (Å²) in [6, 6.07) is 19.3. The molecule has 3 aromatic rings. The molecule has 1 amide bonds. The fourth-order valence-electron chi connectivity index (χ4n) is 2.90. The molecule has 0 bridgehead atoms. The van der Waals surface area contributed by atoms with E-state index in [4.69, 9.17) is 0 Å². The maximum absolute atomic E-state index is 12.4. The first-order valence-corrected chi connectivity index (χ1v) is 10.6. The lowest BCUT2D eigenvalue weighted by Gasteiger charge is -2.12. The van der Waals surface area contributed by atoms with Gasteiger partial charge in [-0.2, -0.15) is 0 Å². The van der Waals surface area contributed by atoms with Crippen LogP contribution in [0.2, 0.25) is 0 Å². The molecule has 0 radical (unpaired) electrons. The average Bonchev–Trinajstić information content (AvgIpc) is 2.71. The minimum atomic E-state index is -3.59. The molecule has 0 atom stereocenters. The van der Waals surface area contributed by atoms with Crippen molar-refractivity contribution in [1.29, 1.82) is 0 Å². The second-order valence-corrected chi connectivity index (χ2v) is 9.00. The lowest BCUT2D eigenvalue weighted by atomic mass is 10.0. The number of carbonyl (C=O) groups excluding carboxylic acids is 2. The highest BCUT2D eigenvalue weighted by atomic mass is 32.2. The van der Waals surface area contributed by atoms with Gasteiger partial charge in [-0.15, -0.1) is 0 Å². The number of benzene rings is 3. The van der Waals surface area contributed by atoms with E-state index in [2.05, 4.69) is 5.32 Å². The number of Topliss-reactive ketones (excluding diaryl/α,β-unsaturated/α-hetero) is 1. The lowest BCUT2D eigenvalue weighted by molar-refractivity contribution is -0.116. The number of ketones is 1. The lowest BCUT2D eigenvalue weighted by Crippen LogP contribution is -2.22. The molecule has 0 heterocycles. The van der Waals surface area contributed by atoms with Gasteiger partial charge in [0.1, 0.15) is 0 Å². The maximum atomic E-state index is 12.4. The SMILES string of the molecule is CN(C)S(=O)(=O)c1cccc(NC(=O)CCC(=O)c2ccc3ccccc3c2)c1. The number of hydrogen-bond acceptors (Lipinski definition) is 4. The number of anilines is 1. The van der Waals surface area contributed by atoms with Crippen LogP contribution in [0.1, 0.15) is 23.2 Å². The molecular formula is C22H22N2O4S. The highest BCUT2D eigenvalue weighted by Gasteiger charge is 2.18. The first-order valence-electron chi connectivity index (χ1n) is 9.12. The van der Waals surface area contributed by atoms with Crippen molar-refractivity contribution in [1.82, 2.24) is 4.31 Å². The molecule has 6 nitrogen and oxygen atoms in total. The number of fused-ring (bicyclic) bond motifs is 1. The molecule has 0 fully saturated rings. The third-order valence-corrected chi connectivity index (χ3v) is 6.36. The average molecular weight is 410 g/mol. The first-order chi connectivity index (χ1) is 13.8. The predicted molar refractivity (Wildman–Crippen MR) is 113 cm³/mol. The number of carbonyl (C=O) groups is 2. The van der Waals surface area contributed by atoms with Crippen LogP contribution in [-0.2, 0) is 14.8 Å². The Morgan fingerprint density at radius 1 is 0.862 bits per heavy atom. The molecule has 0 saturated carbocycles. The van der Waals surface area contributed by atoms with Crippen molar-refractivity contribution in [2.45, 2.75) is 17.7 Å². The number of rotatable bonds is 7. The van der Waals surface area contributed by atoms with E-state index in [1.165, 1.54) is 26.2 Å². The van der Waals surface area contributed by atoms with Crippen LogP contribution >= 0.6 is 0 Å². The Morgan fingerprint density at radius 3 is 2.31 bits per heavy atom. The Labute approximate surface area is 170 Å². The maximum Gasteiger partial charge on any atom is 0.242 e. The molecule has 1 N–H and O–H groups in total. The van der Waals surface area contributed by atoms with Crippen LogP contribution in [0.3, 0.4) is 0 Å². The predicted octanol–water partition coefficient (Wildman–Crippen LogP) is 3.69. The summed E-state index contributed by atoms with van der Waals surface area (Å²) in [4.78, 5) is 24.8. The molecule has 0 unspecified atom stereocenters. The van der Waals surface area contributed by atoms with Crippen LogP contribution in [0, 0.1) is 0 Å². The summed E-state index contributed by atoms with van der Waals surface area (Å²) in [5.74, 6) is -0.464. The molecule has 0 spiro atoms. The summed E-state index contributed by atoms with van der Waals surface area (Å²) >= 11 is 0. The van der Waals surface area contributed by atoms with E-state index in [0.717, 1.165) is 15.1 Å². The number of nitrogens with one attached hydrogen (secondary N) is 1. The quantitative estimate of drug-likeness (QED) is 0.602. The minimum Gasteiger partial charge on any atom is -0.326 e. The van der Waals surface area contributed by atoms with Crippen molar-refractivity contribution >= 4 is 38.2 Å². The Bertz CT molecular complexity index is 1170. The first kappa shape index (κ1) is 20.7. The zero-order valence-corrected chi connectivity index (χ0v) is 17.1. The molecule has 0 aliphatic carbocycles. The normalized spacial score (nSPS) is 11.6. The molecule has 3 aromatic carbocycles. The Kier molecular flexibility index (Phi) is 6.10. The molecule has 0 saturated heterocycles. The van der Waals surface area contributed by atoms with Gasteiger partial charge in [-0.05, 0) is 35.0 Å². The van der Waals surface area contributed by atoms with E-state index in [-0.39, 0.29) is 29.4 Å². The van der Waals surface area contributed by atoms with Crippen LogP contribution in [-0.4, -0.2) is 38.5 Å². The summed E-state index contributed by atoms with van der Waals surface area (Å²) in [5, 5.41) is 4.68. The third-order valence-electron chi connectivity index (χ3n) is 4.55. The fraction of sp³-hybridized carbons (Fsp3) is 0.182. The monoisotopic (exact) mass is 410 g/mol. The number of amides is 1. The van der Waals surface area contributed by atoms with Crippen molar-refractivity contribution in [3.05, 3.63) is 72.3 Å². The van der Waals surface area contributed by atoms with Crippen molar-refractivity contribution in [3.8, 4) is 0 Å². The van der Waals surface area contributed by atoms with Gasteiger partial charge in [0.25, 0.3) is 0 Å². The molecular weight excluding hydrogens is 388 g/mol. The van der Waals surface area contributed by atoms with Gasteiger partial charge in [0.15, 0.2) is 5.78 Å².